The number of aromatic nitrogens is 1. The number of nitrogens with one attached hydrogen (secondary N) is 1. The molecule has 6 heteroatoms. The number of rotatable bonds is 4. The van der Waals surface area contributed by atoms with E-state index < -0.39 is 4.92 Å². The first-order valence-corrected chi connectivity index (χ1v) is 7.90. The highest BCUT2D eigenvalue weighted by molar-refractivity contribution is 5.96. The van der Waals surface area contributed by atoms with E-state index >= 15 is 0 Å². The Morgan fingerprint density at radius 3 is 2.80 bits per heavy atom. The standard InChI is InChI=1S/C19H15N3O3/c1-12(18-11-13-5-2-3-7-17(13)25-18)21-15-8-9-16(22(23)24)14-6-4-10-20-19(14)15/h2-12,21H,1H3/t12-/m0/s1. The SMILES string of the molecule is C[C@H](Nc1ccc([N+](=O)[O-])c2cccnc12)c1cc2ccccc2o1. The second kappa shape index (κ2) is 5.90. The van der Waals surface area contributed by atoms with E-state index in [1.54, 1.807) is 24.4 Å². The fourth-order valence-electron chi connectivity index (χ4n) is 2.95. The number of hydrogen-bond acceptors (Lipinski definition) is 5. The number of para-hydroxylation sites is 1. The Labute approximate surface area is 143 Å². The van der Waals surface area contributed by atoms with Gasteiger partial charge in [-0.25, -0.2) is 0 Å². The van der Waals surface area contributed by atoms with Gasteiger partial charge in [-0.05, 0) is 37.3 Å². The minimum atomic E-state index is -0.392. The number of pyridine rings is 1. The van der Waals surface area contributed by atoms with E-state index in [9.17, 15) is 10.1 Å². The van der Waals surface area contributed by atoms with Crippen molar-refractivity contribution in [3.05, 3.63) is 76.7 Å². The van der Waals surface area contributed by atoms with Crippen LogP contribution in [0.1, 0.15) is 18.7 Å². The molecule has 2 heterocycles. The second-order valence-electron chi connectivity index (χ2n) is 5.84. The highest BCUT2D eigenvalue weighted by Crippen LogP contribution is 2.32. The molecule has 0 unspecified atom stereocenters. The summed E-state index contributed by atoms with van der Waals surface area (Å²) in [4.78, 5) is 15.1. The lowest BCUT2D eigenvalue weighted by atomic mass is 10.1. The summed E-state index contributed by atoms with van der Waals surface area (Å²) < 4.78 is 5.88. The summed E-state index contributed by atoms with van der Waals surface area (Å²) in [5.41, 5.74) is 2.18. The largest absolute Gasteiger partial charge is 0.459 e. The van der Waals surface area contributed by atoms with Gasteiger partial charge in [0.05, 0.1) is 22.0 Å². The molecular formula is C19H15N3O3. The van der Waals surface area contributed by atoms with Crippen LogP contribution in [0, 0.1) is 10.1 Å². The Hall–Kier alpha value is -3.41. The summed E-state index contributed by atoms with van der Waals surface area (Å²) in [6, 6.07) is 16.3. The van der Waals surface area contributed by atoms with Crippen molar-refractivity contribution < 1.29 is 9.34 Å². The van der Waals surface area contributed by atoms with Crippen LogP contribution in [0.4, 0.5) is 11.4 Å². The number of anilines is 1. The lowest BCUT2D eigenvalue weighted by Gasteiger charge is -2.14. The zero-order valence-electron chi connectivity index (χ0n) is 13.5. The van der Waals surface area contributed by atoms with Gasteiger partial charge in [0.2, 0.25) is 0 Å². The van der Waals surface area contributed by atoms with Crippen LogP contribution in [-0.4, -0.2) is 9.91 Å². The Morgan fingerprint density at radius 2 is 2.00 bits per heavy atom. The number of hydrogen-bond donors (Lipinski definition) is 1. The van der Waals surface area contributed by atoms with Gasteiger partial charge in [-0.2, -0.15) is 0 Å². The highest BCUT2D eigenvalue weighted by Gasteiger charge is 2.17. The van der Waals surface area contributed by atoms with Crippen LogP contribution < -0.4 is 5.32 Å². The summed E-state index contributed by atoms with van der Waals surface area (Å²) in [5, 5.41) is 16.1. The molecule has 0 spiro atoms. The number of fused-ring (bicyclic) bond motifs is 2. The molecule has 0 saturated carbocycles. The van der Waals surface area contributed by atoms with Gasteiger partial charge in [0.25, 0.3) is 5.69 Å². The van der Waals surface area contributed by atoms with Gasteiger partial charge in [0.1, 0.15) is 16.9 Å². The molecule has 0 aliphatic carbocycles. The van der Waals surface area contributed by atoms with E-state index in [4.69, 9.17) is 4.42 Å². The molecule has 0 aliphatic heterocycles. The van der Waals surface area contributed by atoms with Crippen LogP contribution in [0.15, 0.2) is 65.2 Å². The van der Waals surface area contributed by atoms with Crippen molar-refractivity contribution >= 4 is 33.2 Å². The molecule has 0 fully saturated rings. The summed E-state index contributed by atoms with van der Waals surface area (Å²) in [7, 11) is 0. The van der Waals surface area contributed by atoms with E-state index in [0.29, 0.717) is 10.9 Å². The van der Waals surface area contributed by atoms with Crippen molar-refractivity contribution in [2.24, 2.45) is 0 Å². The van der Waals surface area contributed by atoms with Gasteiger partial charge in [-0.15, -0.1) is 0 Å². The molecule has 0 radical (unpaired) electrons. The number of non-ortho nitro benzene ring substituents is 1. The molecule has 0 aliphatic rings. The number of nitro benzene ring substituents is 1. The Kier molecular flexibility index (Phi) is 3.57. The van der Waals surface area contributed by atoms with E-state index in [2.05, 4.69) is 10.3 Å². The van der Waals surface area contributed by atoms with Crippen molar-refractivity contribution in [2.45, 2.75) is 13.0 Å². The maximum absolute atomic E-state index is 11.2. The van der Waals surface area contributed by atoms with Gasteiger partial charge >= 0.3 is 0 Å². The number of benzene rings is 2. The van der Waals surface area contributed by atoms with Gasteiger partial charge in [0, 0.05) is 17.6 Å². The maximum atomic E-state index is 11.2. The normalized spacial score (nSPS) is 12.4. The number of nitrogens with zero attached hydrogens (tertiary/aromatic N) is 2. The van der Waals surface area contributed by atoms with Crippen molar-refractivity contribution in [3.63, 3.8) is 0 Å². The first kappa shape index (κ1) is 15.1. The third-order valence-electron chi connectivity index (χ3n) is 4.19. The van der Waals surface area contributed by atoms with Gasteiger partial charge < -0.3 is 9.73 Å². The molecule has 25 heavy (non-hydrogen) atoms. The highest BCUT2D eigenvalue weighted by atomic mass is 16.6. The third kappa shape index (κ3) is 2.67. The summed E-state index contributed by atoms with van der Waals surface area (Å²) in [5.74, 6) is 0.795. The first-order valence-electron chi connectivity index (χ1n) is 7.90. The summed E-state index contributed by atoms with van der Waals surface area (Å²) >= 11 is 0. The van der Waals surface area contributed by atoms with Crippen molar-refractivity contribution in [1.29, 1.82) is 0 Å². The molecule has 0 saturated heterocycles. The topological polar surface area (TPSA) is 81.2 Å². The summed E-state index contributed by atoms with van der Waals surface area (Å²) in [6.45, 7) is 1.98. The molecule has 4 aromatic rings. The molecule has 2 aromatic carbocycles. The van der Waals surface area contributed by atoms with Crippen LogP contribution in [0.2, 0.25) is 0 Å². The Morgan fingerprint density at radius 1 is 1.16 bits per heavy atom. The van der Waals surface area contributed by atoms with Crippen molar-refractivity contribution in [2.75, 3.05) is 5.32 Å². The average Bonchev–Trinajstić information content (AvgIpc) is 3.06. The average molecular weight is 333 g/mol. The quantitative estimate of drug-likeness (QED) is 0.417. The molecule has 6 nitrogen and oxygen atoms in total. The molecular weight excluding hydrogens is 318 g/mol. The number of furan rings is 1. The molecule has 0 amide bonds. The predicted octanol–water partition coefficient (Wildman–Crippen LogP) is 5.06. The fourth-order valence-corrected chi connectivity index (χ4v) is 2.95. The Bertz CT molecular complexity index is 1050. The third-order valence-corrected chi connectivity index (χ3v) is 4.19. The van der Waals surface area contributed by atoms with Crippen molar-refractivity contribution in [3.8, 4) is 0 Å². The van der Waals surface area contributed by atoms with E-state index in [0.717, 1.165) is 22.4 Å². The fraction of sp³-hybridized carbons (Fsp3) is 0.105. The molecule has 2 aromatic heterocycles. The molecule has 124 valence electrons. The molecule has 4 rings (SSSR count). The smallest absolute Gasteiger partial charge is 0.278 e. The van der Waals surface area contributed by atoms with Crippen molar-refractivity contribution in [1.82, 2.24) is 4.98 Å². The van der Waals surface area contributed by atoms with Gasteiger partial charge in [0.15, 0.2) is 0 Å². The zero-order chi connectivity index (χ0) is 17.4. The van der Waals surface area contributed by atoms with E-state index in [1.807, 2.05) is 37.3 Å². The second-order valence-corrected chi connectivity index (χ2v) is 5.84. The van der Waals surface area contributed by atoms with Crippen LogP contribution in [0.5, 0.6) is 0 Å². The zero-order valence-corrected chi connectivity index (χ0v) is 13.5. The lowest BCUT2D eigenvalue weighted by Crippen LogP contribution is -2.06. The molecule has 1 atom stereocenters. The van der Waals surface area contributed by atoms with E-state index in [-0.39, 0.29) is 11.7 Å². The minimum Gasteiger partial charge on any atom is -0.459 e. The van der Waals surface area contributed by atoms with Crippen LogP contribution in [0.25, 0.3) is 21.9 Å². The maximum Gasteiger partial charge on any atom is 0.278 e. The van der Waals surface area contributed by atoms with Crippen LogP contribution >= 0.6 is 0 Å². The van der Waals surface area contributed by atoms with Crippen LogP contribution in [-0.2, 0) is 0 Å². The van der Waals surface area contributed by atoms with E-state index in [1.165, 1.54) is 6.07 Å². The number of nitro groups is 1. The monoisotopic (exact) mass is 333 g/mol. The molecule has 0 bridgehead atoms. The van der Waals surface area contributed by atoms with Crippen LogP contribution in [0.3, 0.4) is 0 Å². The first-order chi connectivity index (χ1) is 12.1. The lowest BCUT2D eigenvalue weighted by molar-refractivity contribution is -0.383. The minimum absolute atomic E-state index is 0.0463. The van der Waals surface area contributed by atoms with Gasteiger partial charge in [-0.1, -0.05) is 18.2 Å². The summed E-state index contributed by atoms with van der Waals surface area (Å²) in [6.07, 6.45) is 1.63. The Balaban J connectivity index is 1.73. The van der Waals surface area contributed by atoms with Gasteiger partial charge in [-0.3, -0.25) is 15.1 Å². The predicted molar refractivity (Wildman–Crippen MR) is 96.6 cm³/mol. The molecule has 1 N–H and O–H groups in total.